The highest BCUT2D eigenvalue weighted by Gasteiger charge is 2.52. The number of carbonyl (C=O) groups excluding carboxylic acids is 5. The summed E-state index contributed by atoms with van der Waals surface area (Å²) < 4.78 is 19.4. The molecule has 266 valence electrons. The number of hydrogen-bond donors (Lipinski definition) is 2. The molecule has 48 heavy (non-hydrogen) atoms. The Balaban J connectivity index is 1.63. The van der Waals surface area contributed by atoms with Crippen LogP contribution in [0.2, 0.25) is 0 Å². The first kappa shape index (κ1) is 37.1. The number of nitrogens with one attached hydrogen (secondary N) is 2. The van der Waals surface area contributed by atoms with E-state index in [0.29, 0.717) is 32.2 Å². The van der Waals surface area contributed by atoms with Gasteiger partial charge in [-0.3, -0.25) is 24.1 Å². The van der Waals surface area contributed by atoms with E-state index < -0.39 is 47.2 Å². The fourth-order valence-corrected chi connectivity index (χ4v) is 7.21. The van der Waals surface area contributed by atoms with E-state index in [-0.39, 0.29) is 42.1 Å². The Bertz CT molecular complexity index is 1410. The van der Waals surface area contributed by atoms with Crippen LogP contribution in [0.15, 0.2) is 18.2 Å². The molecule has 1 aliphatic carbocycles. The van der Waals surface area contributed by atoms with Crippen LogP contribution in [0, 0.1) is 11.7 Å². The summed E-state index contributed by atoms with van der Waals surface area (Å²) in [6.45, 7) is 14.5. The van der Waals surface area contributed by atoms with Crippen LogP contribution in [0.4, 0.5) is 9.18 Å². The second kappa shape index (κ2) is 14.4. The standard InChI is InChI=1S/C36H54FN5O6/c1-21(2)19-29(43)41-18-17-25-14-16-28(32(45)38-27-12-10-11-23-20-24(37)13-15-26(23)27)42(25)33(46)30(36(41,7)8)39-31(44)22(3)40(9)34(47)48-35(4,5)6/h13,15,20-22,25,27-28,30H,10-12,14,16-19H2,1-9H3,(H,38,45)(H,39,44)/t22-,25+,27?,28-,30+/m0/s1. The van der Waals surface area contributed by atoms with Crippen LogP contribution < -0.4 is 10.6 Å². The molecule has 2 fully saturated rings. The number of hydrogen-bond acceptors (Lipinski definition) is 6. The zero-order chi connectivity index (χ0) is 35.7. The number of halogens is 1. The van der Waals surface area contributed by atoms with Crippen LogP contribution in [0.25, 0.3) is 0 Å². The molecule has 0 spiro atoms. The lowest BCUT2D eigenvalue weighted by Crippen LogP contribution is -2.70. The van der Waals surface area contributed by atoms with Gasteiger partial charge in [-0.15, -0.1) is 0 Å². The Hall–Kier alpha value is -3.70. The number of aryl methyl sites for hydroxylation is 1. The van der Waals surface area contributed by atoms with Crippen molar-refractivity contribution in [1.29, 1.82) is 0 Å². The van der Waals surface area contributed by atoms with E-state index in [2.05, 4.69) is 10.6 Å². The van der Waals surface area contributed by atoms with E-state index in [4.69, 9.17) is 4.74 Å². The van der Waals surface area contributed by atoms with Crippen molar-refractivity contribution >= 4 is 29.7 Å². The lowest BCUT2D eigenvalue weighted by atomic mass is 9.87. The van der Waals surface area contributed by atoms with Crippen molar-refractivity contribution in [2.24, 2.45) is 5.92 Å². The van der Waals surface area contributed by atoms with Gasteiger partial charge in [-0.05, 0) is 109 Å². The molecule has 4 rings (SSSR count). The molecule has 0 aromatic heterocycles. The molecule has 3 aliphatic rings. The van der Waals surface area contributed by atoms with Crippen LogP contribution in [0.5, 0.6) is 0 Å². The van der Waals surface area contributed by atoms with Crippen LogP contribution in [-0.2, 0) is 30.3 Å². The van der Waals surface area contributed by atoms with E-state index in [1.807, 2.05) is 13.8 Å². The quantitative estimate of drug-likeness (QED) is 0.440. The molecule has 1 aromatic carbocycles. The van der Waals surface area contributed by atoms with Crippen molar-refractivity contribution in [2.75, 3.05) is 13.6 Å². The number of carbonyl (C=O) groups is 5. The molecule has 1 aromatic rings. The Labute approximate surface area is 284 Å². The number of rotatable bonds is 7. The molecule has 12 heteroatoms. The van der Waals surface area contributed by atoms with E-state index >= 15 is 0 Å². The maximum absolute atomic E-state index is 14.7. The van der Waals surface area contributed by atoms with Crippen molar-refractivity contribution in [1.82, 2.24) is 25.3 Å². The maximum atomic E-state index is 14.7. The van der Waals surface area contributed by atoms with Gasteiger partial charge in [-0.2, -0.15) is 0 Å². The third-order valence-electron chi connectivity index (χ3n) is 9.94. The smallest absolute Gasteiger partial charge is 0.410 e. The summed E-state index contributed by atoms with van der Waals surface area (Å²) in [4.78, 5) is 73.4. The van der Waals surface area contributed by atoms with Crippen molar-refractivity contribution in [3.8, 4) is 0 Å². The van der Waals surface area contributed by atoms with Crippen molar-refractivity contribution in [3.63, 3.8) is 0 Å². The second-order valence-corrected chi connectivity index (χ2v) is 15.6. The molecule has 2 aliphatic heterocycles. The molecule has 0 radical (unpaired) electrons. The largest absolute Gasteiger partial charge is 0.444 e. The van der Waals surface area contributed by atoms with Gasteiger partial charge >= 0.3 is 6.09 Å². The van der Waals surface area contributed by atoms with Crippen molar-refractivity contribution in [2.45, 2.75) is 142 Å². The van der Waals surface area contributed by atoms with Gasteiger partial charge in [0.2, 0.25) is 23.6 Å². The molecule has 2 heterocycles. The predicted octanol–water partition coefficient (Wildman–Crippen LogP) is 4.48. The number of nitrogens with zero attached hydrogens (tertiary/aromatic N) is 3. The second-order valence-electron chi connectivity index (χ2n) is 15.6. The lowest BCUT2D eigenvalue weighted by Gasteiger charge is -2.49. The highest BCUT2D eigenvalue weighted by atomic mass is 19.1. The summed E-state index contributed by atoms with van der Waals surface area (Å²) in [6, 6.07) is 1.05. The lowest BCUT2D eigenvalue weighted by molar-refractivity contribution is -0.154. The maximum Gasteiger partial charge on any atom is 0.410 e. The van der Waals surface area contributed by atoms with Gasteiger partial charge in [0.1, 0.15) is 29.5 Å². The number of fused-ring (bicyclic) bond motifs is 2. The minimum atomic E-state index is -1.20. The van der Waals surface area contributed by atoms with Gasteiger partial charge in [0.15, 0.2) is 0 Å². The minimum absolute atomic E-state index is 0.0856. The Morgan fingerprint density at radius 3 is 2.40 bits per heavy atom. The molecule has 2 saturated heterocycles. The van der Waals surface area contributed by atoms with E-state index in [0.717, 1.165) is 24.0 Å². The summed E-state index contributed by atoms with van der Waals surface area (Å²) in [5, 5.41) is 6.04. The zero-order valence-corrected chi connectivity index (χ0v) is 30.0. The van der Waals surface area contributed by atoms with Gasteiger partial charge in [0.05, 0.1) is 11.6 Å². The highest BCUT2D eigenvalue weighted by Crippen LogP contribution is 2.36. The fourth-order valence-electron chi connectivity index (χ4n) is 7.21. The molecule has 2 N–H and O–H groups in total. The molecular weight excluding hydrogens is 617 g/mol. The van der Waals surface area contributed by atoms with Crippen molar-refractivity contribution in [3.05, 3.63) is 35.1 Å². The first-order valence-corrected chi connectivity index (χ1v) is 17.3. The molecule has 5 amide bonds. The van der Waals surface area contributed by atoms with Gasteiger partial charge in [-0.25, -0.2) is 9.18 Å². The van der Waals surface area contributed by atoms with Gasteiger partial charge in [-0.1, -0.05) is 19.9 Å². The molecule has 0 bridgehead atoms. The monoisotopic (exact) mass is 671 g/mol. The first-order valence-electron chi connectivity index (χ1n) is 17.3. The van der Waals surface area contributed by atoms with Gasteiger partial charge in [0.25, 0.3) is 0 Å². The molecular formula is C36H54FN5O6. The van der Waals surface area contributed by atoms with Crippen LogP contribution in [0.1, 0.15) is 111 Å². The Morgan fingerprint density at radius 2 is 1.75 bits per heavy atom. The van der Waals surface area contributed by atoms with Gasteiger partial charge in [0, 0.05) is 26.1 Å². The molecule has 1 unspecified atom stereocenters. The molecule has 5 atom stereocenters. The molecule has 0 saturated carbocycles. The normalized spacial score (nSPS) is 24.5. The van der Waals surface area contributed by atoms with Crippen LogP contribution in [0.3, 0.4) is 0 Å². The molecule has 11 nitrogen and oxygen atoms in total. The number of amides is 5. The Kier molecular flexibility index (Phi) is 11.2. The number of likely N-dealkylation sites (N-methyl/N-ethyl adjacent to an activating group) is 1. The Morgan fingerprint density at radius 1 is 1.06 bits per heavy atom. The highest BCUT2D eigenvalue weighted by molar-refractivity contribution is 5.96. The summed E-state index contributed by atoms with van der Waals surface area (Å²) in [5.74, 6) is -1.67. The summed E-state index contributed by atoms with van der Waals surface area (Å²) in [7, 11) is 1.45. The summed E-state index contributed by atoms with van der Waals surface area (Å²) in [6.07, 6.45) is 3.33. The fraction of sp³-hybridized carbons (Fsp3) is 0.694. The SMILES string of the molecule is CC(C)CC(=O)N1CC[C@H]2CC[C@@H](C(=O)NC3CCCc4cc(F)ccc43)N2C(=O)[C@@H](NC(=O)[C@H](C)N(C)C(=O)OC(C)(C)C)C1(C)C. The first-order chi connectivity index (χ1) is 22.3. The topological polar surface area (TPSA) is 128 Å². The number of benzene rings is 1. The number of ether oxygens (including phenoxy) is 1. The van der Waals surface area contributed by atoms with E-state index in [9.17, 15) is 28.4 Å². The average Bonchev–Trinajstić information content (AvgIpc) is 3.40. The van der Waals surface area contributed by atoms with Crippen LogP contribution in [-0.4, -0.2) is 93.3 Å². The summed E-state index contributed by atoms with van der Waals surface area (Å²) >= 11 is 0. The average molecular weight is 672 g/mol. The van der Waals surface area contributed by atoms with E-state index in [1.165, 1.54) is 24.1 Å². The van der Waals surface area contributed by atoms with Gasteiger partial charge < -0.3 is 25.2 Å². The van der Waals surface area contributed by atoms with E-state index in [1.54, 1.807) is 57.4 Å². The summed E-state index contributed by atoms with van der Waals surface area (Å²) in [5.41, 5.74) is -0.172. The van der Waals surface area contributed by atoms with Crippen LogP contribution >= 0.6 is 0 Å². The minimum Gasteiger partial charge on any atom is -0.444 e. The predicted molar refractivity (Wildman–Crippen MR) is 179 cm³/mol. The zero-order valence-electron chi connectivity index (χ0n) is 30.0. The van der Waals surface area contributed by atoms with Crippen molar-refractivity contribution < 1.29 is 33.1 Å². The third-order valence-corrected chi connectivity index (χ3v) is 9.94. The third kappa shape index (κ3) is 8.11.